The molecule has 1 aromatic heterocycles. The van der Waals surface area contributed by atoms with Gasteiger partial charge in [0.05, 0.1) is 24.4 Å². The highest BCUT2D eigenvalue weighted by atomic mass is 19.3. The van der Waals surface area contributed by atoms with E-state index in [4.69, 9.17) is 9.47 Å². The fourth-order valence-electron chi connectivity index (χ4n) is 3.82. The number of carbonyl (C=O) groups is 2. The zero-order valence-corrected chi connectivity index (χ0v) is 21.6. The summed E-state index contributed by atoms with van der Waals surface area (Å²) in [6, 6.07) is 9.63. The molecule has 0 saturated heterocycles. The van der Waals surface area contributed by atoms with Crippen molar-refractivity contribution in [1.82, 2.24) is 9.13 Å². The van der Waals surface area contributed by atoms with Gasteiger partial charge in [0.1, 0.15) is 5.56 Å². The van der Waals surface area contributed by atoms with Gasteiger partial charge in [-0.15, -0.1) is 0 Å². The molecule has 0 radical (unpaired) electrons. The van der Waals surface area contributed by atoms with Crippen LogP contribution in [0.3, 0.4) is 0 Å². The summed E-state index contributed by atoms with van der Waals surface area (Å²) in [6.07, 6.45) is 1.03. The Labute approximate surface area is 216 Å². The lowest BCUT2D eigenvalue weighted by Gasteiger charge is -2.18. The topological polar surface area (TPSA) is 117 Å². The predicted octanol–water partition coefficient (Wildman–Crippen LogP) is 3.53. The average Bonchev–Trinajstić information content (AvgIpc) is 2.81. The van der Waals surface area contributed by atoms with Crippen LogP contribution in [0.2, 0.25) is 0 Å². The number of alkyl halides is 2. The molecular weight excluding hydrogens is 502 g/mol. The fourth-order valence-corrected chi connectivity index (χ4v) is 3.82. The molecule has 1 heterocycles. The Morgan fingerprint density at radius 1 is 1.00 bits per heavy atom. The lowest BCUT2D eigenvalue weighted by Crippen LogP contribution is -2.42. The van der Waals surface area contributed by atoms with E-state index in [1.165, 1.54) is 63.2 Å². The number of rotatable bonds is 8. The Hall–Kier alpha value is -4.12. The summed E-state index contributed by atoms with van der Waals surface area (Å²) in [6.45, 7) is 5.94. The highest BCUT2D eigenvalue weighted by Gasteiger charge is 2.28. The summed E-state index contributed by atoms with van der Waals surface area (Å²) in [5.41, 5.74) is -1.71. The van der Waals surface area contributed by atoms with Crippen LogP contribution < -0.4 is 11.2 Å². The van der Waals surface area contributed by atoms with Crippen molar-refractivity contribution in [3.8, 4) is 5.69 Å². The van der Waals surface area contributed by atoms with Crippen LogP contribution in [-0.2, 0) is 21.9 Å². The Morgan fingerprint density at radius 2 is 1.63 bits per heavy atom. The van der Waals surface area contributed by atoms with Crippen LogP contribution >= 0.6 is 0 Å². The predicted molar refractivity (Wildman–Crippen MR) is 134 cm³/mol. The first-order chi connectivity index (χ1) is 17.6. The van der Waals surface area contributed by atoms with Gasteiger partial charge in [-0.1, -0.05) is 18.2 Å². The van der Waals surface area contributed by atoms with Gasteiger partial charge in [0, 0.05) is 32.5 Å². The van der Waals surface area contributed by atoms with E-state index in [1.54, 1.807) is 6.92 Å². The third-order valence-corrected chi connectivity index (χ3v) is 5.64. The number of aliphatic hydroxyl groups is 1. The minimum absolute atomic E-state index is 0.0256. The number of nitrogens with zero attached hydrogens (tertiary/aromatic N) is 2. The molecule has 0 spiro atoms. The highest BCUT2D eigenvalue weighted by Crippen LogP contribution is 2.31. The lowest BCUT2D eigenvalue weighted by molar-refractivity contribution is -0.136. The normalized spacial score (nSPS) is 11.8. The minimum atomic E-state index is -3.15. The zero-order chi connectivity index (χ0) is 28.4. The number of ether oxygens (including phenoxy) is 2. The maximum absolute atomic E-state index is 14.1. The largest absolute Gasteiger partial charge is 0.462 e. The molecule has 3 rings (SSSR count). The number of esters is 2. The van der Waals surface area contributed by atoms with E-state index in [9.17, 15) is 33.1 Å². The van der Waals surface area contributed by atoms with Gasteiger partial charge in [0.15, 0.2) is 0 Å². The first-order valence-electron chi connectivity index (χ1n) is 11.7. The Morgan fingerprint density at radius 3 is 2.18 bits per heavy atom. The first-order valence-corrected chi connectivity index (χ1v) is 11.7. The summed E-state index contributed by atoms with van der Waals surface area (Å²) in [4.78, 5) is 51.4. The number of aromatic nitrogens is 2. The quantitative estimate of drug-likeness (QED) is 0.350. The molecule has 11 heteroatoms. The number of halogens is 2. The van der Waals surface area contributed by atoms with Crippen molar-refractivity contribution in [2.45, 2.75) is 52.9 Å². The Bertz CT molecular complexity index is 1480. The minimum Gasteiger partial charge on any atom is -0.462 e. The van der Waals surface area contributed by atoms with Gasteiger partial charge in [-0.2, -0.15) is 0 Å². The van der Waals surface area contributed by atoms with Crippen molar-refractivity contribution in [2.75, 3.05) is 6.61 Å². The molecule has 0 aliphatic rings. The van der Waals surface area contributed by atoms with E-state index in [2.05, 4.69) is 0 Å². The van der Waals surface area contributed by atoms with Crippen LogP contribution in [-0.4, -0.2) is 38.6 Å². The molecule has 1 N–H and O–H groups in total. The van der Waals surface area contributed by atoms with Crippen LogP contribution in [0, 0.1) is 6.92 Å². The van der Waals surface area contributed by atoms with Gasteiger partial charge in [-0.3, -0.25) is 13.9 Å². The van der Waals surface area contributed by atoms with Crippen LogP contribution in [0.4, 0.5) is 8.78 Å². The molecule has 0 aliphatic heterocycles. The Kier molecular flexibility index (Phi) is 8.01. The maximum Gasteiger partial charge on any atom is 0.345 e. The molecule has 2 aromatic carbocycles. The molecule has 0 saturated carbocycles. The lowest BCUT2D eigenvalue weighted by atomic mass is 9.98. The van der Waals surface area contributed by atoms with Crippen LogP contribution in [0.15, 0.2) is 58.3 Å². The van der Waals surface area contributed by atoms with Crippen molar-refractivity contribution < 1.29 is 33.0 Å². The fraction of sp³-hybridized carbons (Fsp3) is 0.333. The van der Waals surface area contributed by atoms with E-state index in [-0.39, 0.29) is 35.5 Å². The van der Waals surface area contributed by atoms with E-state index in [1.807, 2.05) is 0 Å². The monoisotopic (exact) mass is 530 g/mol. The first kappa shape index (κ1) is 28.5. The summed E-state index contributed by atoms with van der Waals surface area (Å²) in [5.74, 6) is -6.62. The Balaban J connectivity index is 2.15. The average molecular weight is 531 g/mol. The maximum atomic E-state index is 14.1. The van der Waals surface area contributed by atoms with Crippen molar-refractivity contribution >= 4 is 11.9 Å². The second-order valence-corrected chi connectivity index (χ2v) is 9.17. The number of hydrogen-bond donors (Lipinski definition) is 1. The summed E-state index contributed by atoms with van der Waals surface area (Å²) < 4.78 is 39.8. The molecule has 0 fully saturated rings. The van der Waals surface area contributed by atoms with Gasteiger partial charge < -0.3 is 14.6 Å². The van der Waals surface area contributed by atoms with E-state index < -0.39 is 40.5 Å². The van der Waals surface area contributed by atoms with E-state index >= 15 is 0 Å². The van der Waals surface area contributed by atoms with Crippen LogP contribution in [0.1, 0.15) is 65.1 Å². The third-order valence-electron chi connectivity index (χ3n) is 5.64. The van der Waals surface area contributed by atoms with Gasteiger partial charge in [-0.05, 0) is 49.2 Å². The molecule has 0 unspecified atom stereocenters. The summed E-state index contributed by atoms with van der Waals surface area (Å²) in [7, 11) is 0. The summed E-state index contributed by atoms with van der Waals surface area (Å²) >= 11 is 0. The van der Waals surface area contributed by atoms with Gasteiger partial charge in [0.2, 0.25) is 5.79 Å². The smallest absolute Gasteiger partial charge is 0.345 e. The van der Waals surface area contributed by atoms with Crippen molar-refractivity contribution in [3.63, 3.8) is 0 Å². The highest BCUT2D eigenvalue weighted by molar-refractivity contribution is 5.90. The zero-order valence-electron chi connectivity index (χ0n) is 21.6. The van der Waals surface area contributed by atoms with E-state index in [0.717, 1.165) is 22.3 Å². The molecule has 0 amide bonds. The van der Waals surface area contributed by atoms with Crippen LogP contribution in [0.25, 0.3) is 5.69 Å². The van der Waals surface area contributed by atoms with Gasteiger partial charge in [-0.25, -0.2) is 23.2 Å². The molecule has 38 heavy (non-hydrogen) atoms. The van der Waals surface area contributed by atoms with E-state index in [0.29, 0.717) is 5.56 Å². The number of hydrogen-bond acceptors (Lipinski definition) is 7. The van der Waals surface area contributed by atoms with Gasteiger partial charge >= 0.3 is 17.6 Å². The number of benzene rings is 2. The molecule has 0 bridgehead atoms. The van der Waals surface area contributed by atoms with Crippen molar-refractivity contribution in [1.29, 1.82) is 0 Å². The SMILES string of the molecule is CCOC(=O)c1cn(-c2ccc(C(=O)OC(C)(C)O)cc2)c(=O)n(Cc2cccc(C(C)(F)F)c2C)c1=O. The second-order valence-electron chi connectivity index (χ2n) is 9.17. The molecule has 202 valence electrons. The second kappa shape index (κ2) is 10.7. The number of carbonyl (C=O) groups excluding carboxylic acids is 2. The molecule has 0 aliphatic carbocycles. The van der Waals surface area contributed by atoms with Crippen molar-refractivity contribution in [3.05, 3.63) is 97.3 Å². The standard InChI is InChI=1S/C27H28F2N2O7/c1-6-37-24(34)20-15-30(19-12-10-17(11-13-19)23(33)38-26(3,4)36)25(35)31(22(20)32)14-18-8-7-9-21(16(18)2)27(5,28)29/h7-13,15,36H,6,14H2,1-5H3. The third kappa shape index (κ3) is 6.23. The summed E-state index contributed by atoms with van der Waals surface area (Å²) in [5, 5.41) is 9.70. The van der Waals surface area contributed by atoms with Crippen molar-refractivity contribution in [2.24, 2.45) is 0 Å². The van der Waals surface area contributed by atoms with Crippen LogP contribution in [0.5, 0.6) is 0 Å². The molecular formula is C27H28F2N2O7. The molecule has 3 aromatic rings. The molecule has 0 atom stereocenters. The van der Waals surface area contributed by atoms with Gasteiger partial charge in [0.25, 0.3) is 11.5 Å². The molecule has 9 nitrogen and oxygen atoms in total.